The molecule has 0 aromatic carbocycles. The molecule has 0 radical (unpaired) electrons. The van der Waals surface area contributed by atoms with Gasteiger partial charge in [-0.15, -0.1) is 0 Å². The van der Waals surface area contributed by atoms with Gasteiger partial charge in [-0.25, -0.2) is 0 Å². The summed E-state index contributed by atoms with van der Waals surface area (Å²) in [6.45, 7) is -1.34. The summed E-state index contributed by atoms with van der Waals surface area (Å²) in [5.74, 6) is 0. The number of aromatic nitrogens is 2. The minimum atomic E-state index is -4.90. The van der Waals surface area contributed by atoms with Crippen molar-refractivity contribution in [2.45, 2.75) is 19.9 Å². The Labute approximate surface area is 117 Å². The Morgan fingerprint density at radius 1 is 1.38 bits per heavy atom. The van der Waals surface area contributed by atoms with E-state index in [-0.39, 0.29) is 57.4 Å². The van der Waals surface area contributed by atoms with Crippen LogP contribution < -0.4 is 56.8 Å². The van der Waals surface area contributed by atoms with Gasteiger partial charge in [-0.05, 0) is 20.0 Å². The van der Waals surface area contributed by atoms with Gasteiger partial charge in [0.2, 0.25) is 0 Å². The van der Waals surface area contributed by atoms with Gasteiger partial charge in [-0.2, -0.15) is 5.10 Å². The van der Waals surface area contributed by atoms with Crippen molar-refractivity contribution in [1.82, 2.24) is 9.78 Å². The maximum atomic E-state index is 12.1. The molecule has 0 unspecified atom stereocenters. The molecule has 0 amide bonds. The van der Waals surface area contributed by atoms with Gasteiger partial charge in [-0.1, -0.05) is 5.46 Å². The predicted octanol–water partition coefficient (Wildman–Crippen LogP) is -1.48. The maximum Gasteiger partial charge on any atom is 1.00 e. The summed E-state index contributed by atoms with van der Waals surface area (Å²) in [5.41, 5.74) is -0.635. The third-order valence-corrected chi connectivity index (χ3v) is 1.53. The molecular weight excluding hydrogens is 207 g/mol. The van der Waals surface area contributed by atoms with Gasteiger partial charge in [0, 0.05) is 12.2 Å². The molecule has 1 heterocycles. The van der Waals surface area contributed by atoms with Crippen molar-refractivity contribution in [3.63, 3.8) is 0 Å². The first-order valence-electron chi connectivity index (χ1n) is 3.65. The fourth-order valence-electron chi connectivity index (χ4n) is 0.804. The molecule has 1 aromatic heterocycles. The zero-order chi connectivity index (χ0) is 9.35. The van der Waals surface area contributed by atoms with Gasteiger partial charge in [0.1, 0.15) is 0 Å². The first kappa shape index (κ1) is 13.7. The van der Waals surface area contributed by atoms with E-state index in [2.05, 4.69) is 5.10 Å². The van der Waals surface area contributed by atoms with Crippen LogP contribution in [0.1, 0.15) is 19.9 Å². The summed E-state index contributed by atoms with van der Waals surface area (Å²) in [6, 6.07) is -0.0306. The predicted molar refractivity (Wildman–Crippen MR) is 41.3 cm³/mol. The zero-order valence-electron chi connectivity index (χ0n) is 7.84. The Hall–Kier alpha value is 0.701. The fraction of sp³-hybridized carbons (Fsp3) is 0.500. The average Bonchev–Trinajstić information content (AvgIpc) is 2.30. The molecule has 1 aromatic rings. The van der Waals surface area contributed by atoms with Crippen LogP contribution in [0.4, 0.5) is 12.9 Å². The summed E-state index contributed by atoms with van der Waals surface area (Å²) >= 11 is 0. The van der Waals surface area contributed by atoms with Crippen LogP contribution in [0.3, 0.4) is 0 Å². The molecule has 0 atom stereocenters. The number of hydrogen-bond donors (Lipinski definition) is 0. The number of nitrogens with zero attached hydrogens (tertiary/aromatic N) is 2. The molecule has 0 N–H and O–H groups in total. The molecule has 0 bridgehead atoms. The van der Waals surface area contributed by atoms with Gasteiger partial charge in [0.15, 0.2) is 0 Å². The van der Waals surface area contributed by atoms with Gasteiger partial charge in [0.05, 0.1) is 0 Å². The average molecular weight is 216 g/mol. The SMILES string of the molecule is CC(C)n1cc([B-](F)(F)F)cn1.[K+]. The summed E-state index contributed by atoms with van der Waals surface area (Å²) in [7, 11) is 0. The van der Waals surface area contributed by atoms with E-state index in [1.807, 2.05) is 0 Å². The van der Waals surface area contributed by atoms with Crippen LogP contribution >= 0.6 is 0 Å². The Morgan fingerprint density at radius 2 is 1.92 bits per heavy atom. The molecule has 0 fully saturated rings. The van der Waals surface area contributed by atoms with Crippen LogP contribution in [0.2, 0.25) is 0 Å². The second-order valence-corrected chi connectivity index (χ2v) is 2.92. The van der Waals surface area contributed by atoms with Crippen LogP contribution in [-0.2, 0) is 0 Å². The first-order chi connectivity index (χ1) is 5.41. The smallest absolute Gasteiger partial charge is 0.445 e. The standard InChI is InChI=1S/C6H9BF3N2.K/c1-5(2)12-4-6(3-11-12)7(8,9)10;/h3-5H,1-2H3;/q-1;+1. The first-order valence-corrected chi connectivity index (χ1v) is 3.65. The summed E-state index contributed by atoms with van der Waals surface area (Å²) in [5, 5.41) is 3.59. The van der Waals surface area contributed by atoms with E-state index in [0.717, 1.165) is 12.4 Å². The Morgan fingerprint density at radius 3 is 2.15 bits per heavy atom. The minimum absolute atomic E-state index is 0. The van der Waals surface area contributed by atoms with E-state index in [1.54, 1.807) is 13.8 Å². The van der Waals surface area contributed by atoms with Crippen LogP contribution in [0, 0.1) is 0 Å². The second kappa shape index (κ2) is 4.97. The molecule has 0 aliphatic rings. The van der Waals surface area contributed by atoms with Crippen molar-refractivity contribution < 1.29 is 64.3 Å². The van der Waals surface area contributed by atoms with E-state index in [0.29, 0.717) is 0 Å². The van der Waals surface area contributed by atoms with E-state index >= 15 is 0 Å². The molecule has 1 rings (SSSR count). The molecule has 0 spiro atoms. The second-order valence-electron chi connectivity index (χ2n) is 2.92. The number of rotatable bonds is 2. The molecule has 0 aliphatic carbocycles. The molecule has 7 heteroatoms. The number of halogens is 3. The Bertz CT molecular complexity index is 271. The number of hydrogen-bond acceptors (Lipinski definition) is 1. The summed E-state index contributed by atoms with van der Waals surface area (Å²) in [6.07, 6.45) is 1.89. The van der Waals surface area contributed by atoms with Gasteiger partial charge >= 0.3 is 58.4 Å². The third kappa shape index (κ3) is 3.75. The van der Waals surface area contributed by atoms with Crippen molar-refractivity contribution in [1.29, 1.82) is 0 Å². The maximum absolute atomic E-state index is 12.1. The van der Waals surface area contributed by atoms with E-state index in [1.165, 1.54) is 4.68 Å². The Kier molecular flexibility index (Phi) is 5.24. The molecular formula is C6H9BF3KN2. The molecule has 2 nitrogen and oxygen atoms in total. The van der Waals surface area contributed by atoms with Gasteiger partial charge in [-0.3, -0.25) is 4.68 Å². The van der Waals surface area contributed by atoms with Crippen LogP contribution in [-0.4, -0.2) is 16.8 Å². The van der Waals surface area contributed by atoms with E-state index in [4.69, 9.17) is 0 Å². The molecule has 0 saturated carbocycles. The monoisotopic (exact) mass is 216 g/mol. The summed E-state index contributed by atoms with van der Waals surface area (Å²) < 4.78 is 37.5. The quantitative estimate of drug-likeness (QED) is 0.551. The molecule has 0 aliphatic heterocycles. The van der Waals surface area contributed by atoms with E-state index in [9.17, 15) is 12.9 Å². The van der Waals surface area contributed by atoms with E-state index < -0.39 is 12.4 Å². The van der Waals surface area contributed by atoms with Crippen LogP contribution in [0.15, 0.2) is 12.4 Å². The zero-order valence-corrected chi connectivity index (χ0v) is 11.0. The van der Waals surface area contributed by atoms with Crippen LogP contribution in [0.5, 0.6) is 0 Å². The van der Waals surface area contributed by atoms with Crippen molar-refractivity contribution in [2.75, 3.05) is 0 Å². The third-order valence-electron chi connectivity index (χ3n) is 1.53. The fourth-order valence-corrected chi connectivity index (χ4v) is 0.804. The topological polar surface area (TPSA) is 17.8 Å². The van der Waals surface area contributed by atoms with Crippen molar-refractivity contribution in [3.8, 4) is 0 Å². The van der Waals surface area contributed by atoms with Gasteiger partial charge in [0.25, 0.3) is 0 Å². The largest absolute Gasteiger partial charge is 1.00 e. The van der Waals surface area contributed by atoms with Gasteiger partial charge < -0.3 is 12.9 Å². The molecule has 68 valence electrons. The summed E-state index contributed by atoms with van der Waals surface area (Å²) in [4.78, 5) is 0. The Balaban J connectivity index is 0.00000144. The molecule has 13 heavy (non-hydrogen) atoms. The molecule has 0 saturated heterocycles. The van der Waals surface area contributed by atoms with Crippen molar-refractivity contribution in [3.05, 3.63) is 12.4 Å². The van der Waals surface area contributed by atoms with Crippen LogP contribution in [0.25, 0.3) is 0 Å². The minimum Gasteiger partial charge on any atom is -0.445 e. The van der Waals surface area contributed by atoms with Crippen molar-refractivity contribution in [2.24, 2.45) is 0 Å². The van der Waals surface area contributed by atoms with Crippen molar-refractivity contribution >= 4 is 12.4 Å². The normalized spacial score (nSPS) is 11.5.